The number of carbonyl (C=O) groups is 1. The molecule has 0 saturated carbocycles. The average Bonchev–Trinajstić information content (AvgIpc) is 3.03. The van der Waals surface area contributed by atoms with E-state index in [1.807, 2.05) is 6.07 Å². The number of aromatic hydroxyl groups is 1. The van der Waals surface area contributed by atoms with Crippen LogP contribution in [0.4, 0.5) is 0 Å². The van der Waals surface area contributed by atoms with Gasteiger partial charge in [-0.3, -0.25) is 10.1 Å². The van der Waals surface area contributed by atoms with E-state index in [2.05, 4.69) is 57.4 Å². The lowest BCUT2D eigenvalue weighted by Gasteiger charge is -2.42. The van der Waals surface area contributed by atoms with Crippen molar-refractivity contribution in [1.29, 1.82) is 0 Å². The van der Waals surface area contributed by atoms with Gasteiger partial charge in [0.1, 0.15) is 17.2 Å². The normalized spacial score (nSPS) is 20.0. The number of amides is 1. The maximum absolute atomic E-state index is 12.1. The molecule has 6 heteroatoms. The first kappa shape index (κ1) is 22.3. The van der Waals surface area contributed by atoms with E-state index in [9.17, 15) is 9.90 Å². The minimum absolute atomic E-state index is 0.0302. The van der Waals surface area contributed by atoms with E-state index >= 15 is 0 Å². The second-order valence-corrected chi connectivity index (χ2v) is 10.5. The summed E-state index contributed by atoms with van der Waals surface area (Å²) in [5, 5.41) is 16.2. The molecular weight excluding hydrogens is 420 g/mol. The Morgan fingerprint density at radius 3 is 2.19 bits per heavy atom. The van der Waals surface area contributed by atoms with Gasteiger partial charge in [-0.05, 0) is 83.3 Å². The zero-order valence-corrected chi connectivity index (χ0v) is 20.3. The van der Waals surface area contributed by atoms with Crippen molar-refractivity contribution in [3.05, 3.63) is 52.2 Å². The number of fused-ring (bicyclic) bond motifs is 1. The number of hydrogen-bond donors (Lipinski definition) is 3. The molecule has 0 unspecified atom stereocenters. The van der Waals surface area contributed by atoms with Crippen molar-refractivity contribution in [3.8, 4) is 22.6 Å². The summed E-state index contributed by atoms with van der Waals surface area (Å²) in [4.78, 5) is 12.1. The lowest BCUT2D eigenvalue weighted by Crippen LogP contribution is -2.34. The lowest BCUT2D eigenvalue weighted by atomic mass is 9.62. The van der Waals surface area contributed by atoms with Crippen molar-refractivity contribution in [2.24, 2.45) is 0 Å². The number of carbonyl (C=O) groups excluding carboxylic acids is 1. The Morgan fingerprint density at radius 1 is 1.00 bits per heavy atom. The fraction of sp³-hybridized carbons (Fsp3) is 0.385. The minimum atomic E-state index is -0.319. The van der Waals surface area contributed by atoms with Crippen LogP contribution in [0.25, 0.3) is 17.2 Å². The van der Waals surface area contributed by atoms with Gasteiger partial charge in [-0.25, -0.2) is 0 Å². The highest BCUT2D eigenvalue weighted by molar-refractivity contribution is 7.80. The van der Waals surface area contributed by atoms with E-state index in [0.29, 0.717) is 17.0 Å². The molecule has 1 heterocycles. The van der Waals surface area contributed by atoms with Gasteiger partial charge in [0.2, 0.25) is 0 Å². The van der Waals surface area contributed by atoms with Crippen LogP contribution in [0.3, 0.4) is 0 Å². The van der Waals surface area contributed by atoms with Crippen LogP contribution < -0.4 is 15.4 Å². The molecule has 4 rings (SSSR count). The summed E-state index contributed by atoms with van der Waals surface area (Å²) >= 11 is 5.01. The number of hydrogen-bond acceptors (Lipinski definition) is 4. The van der Waals surface area contributed by atoms with Gasteiger partial charge in [-0.1, -0.05) is 33.8 Å². The van der Waals surface area contributed by atoms with Crippen molar-refractivity contribution in [2.75, 3.05) is 7.11 Å². The Morgan fingerprint density at radius 2 is 1.62 bits per heavy atom. The molecule has 2 aliphatic rings. The molecule has 1 aliphatic heterocycles. The number of rotatable bonds is 3. The predicted octanol–water partition coefficient (Wildman–Crippen LogP) is 5.07. The van der Waals surface area contributed by atoms with E-state index in [4.69, 9.17) is 17.0 Å². The Kier molecular flexibility index (Phi) is 5.32. The summed E-state index contributed by atoms with van der Waals surface area (Å²) in [5.74, 6) is 0.295. The molecule has 2 aromatic carbocycles. The molecule has 0 spiro atoms. The van der Waals surface area contributed by atoms with Crippen molar-refractivity contribution in [3.63, 3.8) is 0 Å². The van der Waals surface area contributed by atoms with E-state index in [0.717, 1.165) is 29.5 Å². The highest BCUT2D eigenvalue weighted by Gasteiger charge is 2.37. The molecule has 0 aromatic heterocycles. The molecule has 1 aliphatic carbocycles. The number of methoxy groups -OCH3 is 1. The molecule has 168 valence electrons. The first-order valence-corrected chi connectivity index (χ1v) is 11.2. The molecule has 1 amide bonds. The molecule has 5 nitrogen and oxygen atoms in total. The molecule has 1 saturated heterocycles. The molecule has 2 aromatic rings. The highest BCUT2D eigenvalue weighted by atomic mass is 32.1. The van der Waals surface area contributed by atoms with Gasteiger partial charge in [0.15, 0.2) is 5.11 Å². The number of ether oxygens (including phenoxy) is 1. The van der Waals surface area contributed by atoms with Crippen LogP contribution in [0.15, 0.2) is 30.0 Å². The maximum Gasteiger partial charge on any atom is 0.273 e. The largest absolute Gasteiger partial charge is 0.507 e. The molecule has 32 heavy (non-hydrogen) atoms. The third kappa shape index (κ3) is 3.77. The average molecular weight is 451 g/mol. The fourth-order valence-electron chi connectivity index (χ4n) is 4.73. The summed E-state index contributed by atoms with van der Waals surface area (Å²) in [5.41, 5.74) is 6.85. The fourth-order valence-corrected chi connectivity index (χ4v) is 4.93. The number of nitrogens with one attached hydrogen (secondary N) is 2. The Bertz CT molecular complexity index is 1180. The summed E-state index contributed by atoms with van der Waals surface area (Å²) in [6, 6.07) is 8.06. The third-order valence-corrected chi connectivity index (χ3v) is 7.06. The zero-order chi connectivity index (χ0) is 23.4. The zero-order valence-electron chi connectivity index (χ0n) is 19.5. The van der Waals surface area contributed by atoms with Crippen molar-refractivity contribution in [2.45, 2.75) is 58.3 Å². The summed E-state index contributed by atoms with van der Waals surface area (Å²) in [6.07, 6.45) is 3.89. The predicted molar refractivity (Wildman–Crippen MR) is 132 cm³/mol. The quantitative estimate of drug-likeness (QED) is 0.450. The number of aryl methyl sites for hydroxylation is 1. The van der Waals surface area contributed by atoms with E-state index in [-0.39, 0.29) is 27.6 Å². The van der Waals surface area contributed by atoms with E-state index in [1.165, 1.54) is 11.1 Å². The van der Waals surface area contributed by atoms with Gasteiger partial charge in [-0.2, -0.15) is 0 Å². The molecule has 0 radical (unpaired) electrons. The Balaban J connectivity index is 1.91. The lowest BCUT2D eigenvalue weighted by molar-refractivity contribution is -0.115. The van der Waals surface area contributed by atoms with Crippen LogP contribution >= 0.6 is 12.2 Å². The topological polar surface area (TPSA) is 70.6 Å². The maximum atomic E-state index is 12.1. The van der Waals surface area contributed by atoms with Crippen LogP contribution in [0, 0.1) is 6.92 Å². The van der Waals surface area contributed by atoms with Crippen LogP contribution in [0.5, 0.6) is 11.5 Å². The molecule has 0 bridgehead atoms. The van der Waals surface area contributed by atoms with Crippen LogP contribution in [0.1, 0.15) is 62.8 Å². The number of benzene rings is 2. The second-order valence-electron chi connectivity index (χ2n) is 10.1. The first-order valence-electron chi connectivity index (χ1n) is 10.8. The van der Waals surface area contributed by atoms with E-state index in [1.54, 1.807) is 19.3 Å². The van der Waals surface area contributed by atoms with Gasteiger partial charge in [0.25, 0.3) is 5.91 Å². The SMILES string of the molecule is COc1cc(O)c(C=C2NC(=S)NC2=O)cc1-c1cc2c(cc1C)C(C)(C)CCC2(C)C. The van der Waals surface area contributed by atoms with Crippen molar-refractivity contribution >= 4 is 29.3 Å². The molecule has 3 N–H and O–H groups in total. The summed E-state index contributed by atoms with van der Waals surface area (Å²) in [6.45, 7) is 11.3. The molecular formula is C26H30N2O3S. The number of phenols is 1. The number of thiocarbonyl (C=S) groups is 1. The Hall–Kier alpha value is -2.86. The van der Waals surface area contributed by atoms with Crippen LogP contribution in [-0.4, -0.2) is 23.2 Å². The summed E-state index contributed by atoms with van der Waals surface area (Å²) < 4.78 is 5.64. The van der Waals surface area contributed by atoms with E-state index < -0.39 is 0 Å². The van der Waals surface area contributed by atoms with Gasteiger partial charge in [-0.15, -0.1) is 0 Å². The smallest absolute Gasteiger partial charge is 0.273 e. The number of phenolic OH excluding ortho intramolecular Hbond substituents is 1. The third-order valence-electron chi connectivity index (χ3n) is 6.86. The van der Waals surface area contributed by atoms with Crippen LogP contribution in [0.2, 0.25) is 0 Å². The van der Waals surface area contributed by atoms with Gasteiger partial charge in [0.05, 0.1) is 7.11 Å². The second kappa shape index (κ2) is 7.62. The Labute approximate surface area is 194 Å². The minimum Gasteiger partial charge on any atom is -0.507 e. The first-order chi connectivity index (χ1) is 14.9. The molecule has 1 fully saturated rings. The highest BCUT2D eigenvalue weighted by Crippen LogP contribution is 2.48. The van der Waals surface area contributed by atoms with Gasteiger partial charge >= 0.3 is 0 Å². The summed E-state index contributed by atoms with van der Waals surface area (Å²) in [7, 11) is 1.60. The van der Waals surface area contributed by atoms with Crippen LogP contribution in [-0.2, 0) is 15.6 Å². The monoisotopic (exact) mass is 450 g/mol. The van der Waals surface area contributed by atoms with Crippen molar-refractivity contribution < 1.29 is 14.6 Å². The molecule has 0 atom stereocenters. The van der Waals surface area contributed by atoms with Crippen molar-refractivity contribution in [1.82, 2.24) is 10.6 Å². The van der Waals surface area contributed by atoms with Gasteiger partial charge < -0.3 is 15.2 Å². The van der Waals surface area contributed by atoms with Gasteiger partial charge in [0, 0.05) is 17.2 Å². The standard InChI is InChI=1S/C26H30N2O3S/c1-14-9-18-19(26(4,5)8-7-25(18,2)3)12-16(14)17-10-15(21(29)13-22(17)31-6)11-20-23(30)28-24(32)27-20/h9-13,29H,7-8H2,1-6H3,(H2,27,28,30,32).